The van der Waals surface area contributed by atoms with E-state index in [2.05, 4.69) is 5.32 Å². The van der Waals surface area contributed by atoms with Gasteiger partial charge in [-0.25, -0.2) is 0 Å². The van der Waals surface area contributed by atoms with Gasteiger partial charge < -0.3 is 10.4 Å². The Labute approximate surface area is 113 Å². The van der Waals surface area contributed by atoms with Crippen LogP contribution in [0.3, 0.4) is 0 Å². The third-order valence-corrected chi connectivity index (χ3v) is 2.88. The second kappa shape index (κ2) is 8.43. The van der Waals surface area contributed by atoms with Gasteiger partial charge in [0.15, 0.2) is 5.78 Å². The summed E-state index contributed by atoms with van der Waals surface area (Å²) in [5.74, 6) is -0.404. The Morgan fingerprint density at radius 3 is 2.58 bits per heavy atom. The van der Waals surface area contributed by atoms with Crippen LogP contribution in [0, 0.1) is 0 Å². The normalized spacial score (nSPS) is 11.9. The van der Waals surface area contributed by atoms with Gasteiger partial charge in [0.05, 0.1) is 0 Å². The van der Waals surface area contributed by atoms with E-state index in [4.69, 9.17) is 0 Å². The minimum Gasteiger partial charge on any atom is -0.383 e. The smallest absolute Gasteiger partial charge is 0.248 e. The first-order valence-electron chi connectivity index (χ1n) is 6.69. The summed E-state index contributed by atoms with van der Waals surface area (Å²) in [4.78, 5) is 23.2. The monoisotopic (exact) mass is 263 g/mol. The van der Waals surface area contributed by atoms with E-state index < -0.39 is 12.0 Å². The summed E-state index contributed by atoms with van der Waals surface area (Å²) in [6, 6.07) is 8.96. The molecule has 0 aliphatic carbocycles. The number of hydrogen-bond acceptors (Lipinski definition) is 3. The lowest BCUT2D eigenvalue weighted by Gasteiger charge is -2.10. The lowest BCUT2D eigenvalue weighted by molar-refractivity contribution is -0.129. The highest BCUT2D eigenvalue weighted by Gasteiger charge is 2.14. The summed E-state index contributed by atoms with van der Waals surface area (Å²) in [5, 5.41) is 12.1. The number of carbonyl (C=O) groups is 2. The highest BCUT2D eigenvalue weighted by molar-refractivity contribution is 5.96. The predicted molar refractivity (Wildman–Crippen MR) is 73.9 cm³/mol. The molecule has 0 fully saturated rings. The second-order valence-electron chi connectivity index (χ2n) is 4.49. The van der Waals surface area contributed by atoms with E-state index in [-0.39, 0.29) is 18.7 Å². The van der Waals surface area contributed by atoms with Crippen LogP contribution < -0.4 is 5.32 Å². The van der Waals surface area contributed by atoms with Crippen LogP contribution >= 0.6 is 0 Å². The molecule has 1 amide bonds. The van der Waals surface area contributed by atoms with E-state index in [0.717, 1.165) is 12.8 Å². The summed E-state index contributed by atoms with van der Waals surface area (Å²) in [6.07, 6.45) is 1.51. The van der Waals surface area contributed by atoms with Crippen LogP contribution in [0.2, 0.25) is 0 Å². The number of aliphatic hydroxyl groups excluding tert-OH is 1. The van der Waals surface area contributed by atoms with Crippen LogP contribution in [0.5, 0.6) is 0 Å². The van der Waals surface area contributed by atoms with Gasteiger partial charge in [0.25, 0.3) is 0 Å². The van der Waals surface area contributed by atoms with Gasteiger partial charge in [0.1, 0.15) is 6.10 Å². The lowest BCUT2D eigenvalue weighted by atomic mass is 10.1. The molecule has 2 N–H and O–H groups in total. The fourth-order valence-corrected chi connectivity index (χ4v) is 1.71. The Balaban J connectivity index is 2.27. The maximum atomic E-state index is 11.8. The van der Waals surface area contributed by atoms with Gasteiger partial charge in [-0.1, -0.05) is 50.1 Å². The number of rotatable bonds is 8. The van der Waals surface area contributed by atoms with Crippen molar-refractivity contribution in [3.8, 4) is 0 Å². The minimum atomic E-state index is -0.966. The van der Waals surface area contributed by atoms with Crippen LogP contribution in [-0.4, -0.2) is 29.4 Å². The third-order valence-electron chi connectivity index (χ3n) is 2.88. The Kier molecular flexibility index (Phi) is 6.82. The van der Waals surface area contributed by atoms with Crippen LogP contribution in [-0.2, 0) is 4.79 Å². The van der Waals surface area contributed by atoms with Gasteiger partial charge in [-0.05, 0) is 6.42 Å². The summed E-state index contributed by atoms with van der Waals surface area (Å²) in [6.45, 7) is 2.26. The lowest BCUT2D eigenvalue weighted by Crippen LogP contribution is -2.35. The molecular weight excluding hydrogens is 242 g/mol. The molecule has 0 saturated carbocycles. The van der Waals surface area contributed by atoms with Crippen LogP contribution in [0.15, 0.2) is 30.3 Å². The topological polar surface area (TPSA) is 66.4 Å². The molecule has 104 valence electrons. The molecule has 0 spiro atoms. The maximum absolute atomic E-state index is 11.8. The van der Waals surface area contributed by atoms with E-state index in [1.54, 1.807) is 24.3 Å². The fraction of sp³-hybridized carbons (Fsp3) is 0.467. The summed E-state index contributed by atoms with van der Waals surface area (Å²) < 4.78 is 0. The third kappa shape index (κ3) is 5.66. The molecule has 0 radical (unpaired) electrons. The van der Waals surface area contributed by atoms with E-state index in [1.807, 2.05) is 13.0 Å². The molecule has 1 rings (SSSR count). The number of carbonyl (C=O) groups excluding carboxylic acids is 2. The van der Waals surface area contributed by atoms with Crippen LogP contribution in [0.25, 0.3) is 0 Å². The van der Waals surface area contributed by atoms with Gasteiger partial charge in [-0.3, -0.25) is 9.59 Å². The quantitative estimate of drug-likeness (QED) is 0.704. The first-order valence-corrected chi connectivity index (χ1v) is 6.69. The summed E-state index contributed by atoms with van der Waals surface area (Å²) in [7, 11) is 0. The van der Waals surface area contributed by atoms with Gasteiger partial charge in [0.2, 0.25) is 5.91 Å². The first kappa shape index (κ1) is 15.4. The predicted octanol–water partition coefficient (Wildman–Crippen LogP) is 1.93. The number of unbranched alkanes of at least 4 members (excludes halogenated alkanes) is 1. The van der Waals surface area contributed by atoms with Crippen molar-refractivity contribution in [1.29, 1.82) is 0 Å². The zero-order valence-electron chi connectivity index (χ0n) is 11.3. The van der Waals surface area contributed by atoms with Crippen molar-refractivity contribution in [2.75, 3.05) is 6.54 Å². The molecule has 0 bridgehead atoms. The van der Waals surface area contributed by atoms with Gasteiger partial charge in [-0.2, -0.15) is 0 Å². The zero-order valence-corrected chi connectivity index (χ0v) is 11.3. The van der Waals surface area contributed by atoms with Crippen molar-refractivity contribution in [2.45, 2.75) is 38.7 Å². The molecule has 1 aromatic carbocycles. The van der Waals surface area contributed by atoms with Crippen molar-refractivity contribution in [3.63, 3.8) is 0 Å². The number of benzene rings is 1. The number of nitrogens with one attached hydrogen (secondary N) is 1. The number of hydrogen-bond donors (Lipinski definition) is 2. The number of aliphatic hydroxyl groups is 1. The Morgan fingerprint density at radius 1 is 1.26 bits per heavy atom. The fourth-order valence-electron chi connectivity index (χ4n) is 1.71. The highest BCUT2D eigenvalue weighted by atomic mass is 16.3. The molecule has 1 atom stereocenters. The molecule has 0 unspecified atom stereocenters. The highest BCUT2D eigenvalue weighted by Crippen LogP contribution is 2.03. The average molecular weight is 263 g/mol. The largest absolute Gasteiger partial charge is 0.383 e. The number of Topliss-reactive ketones (excluding diaryl/α,β-unsaturated/α-hetero) is 1. The van der Waals surface area contributed by atoms with Crippen LogP contribution in [0.1, 0.15) is 43.0 Å². The van der Waals surface area contributed by atoms with Crippen molar-refractivity contribution < 1.29 is 14.7 Å². The number of amides is 1. The first-order chi connectivity index (χ1) is 9.15. The average Bonchev–Trinajstić information content (AvgIpc) is 2.45. The molecule has 0 aliphatic heterocycles. The van der Waals surface area contributed by atoms with Crippen molar-refractivity contribution in [3.05, 3.63) is 35.9 Å². The van der Waals surface area contributed by atoms with Crippen molar-refractivity contribution >= 4 is 11.7 Å². The SMILES string of the molecule is CCCC[C@H](O)C(=O)NCCC(=O)c1ccccc1. The standard InChI is InChI=1S/C15H21NO3/c1-2-3-9-14(18)15(19)16-11-10-13(17)12-7-5-4-6-8-12/h4-8,14,18H,2-3,9-11H2,1H3,(H,16,19)/t14-/m0/s1. The van der Waals surface area contributed by atoms with Gasteiger partial charge >= 0.3 is 0 Å². The Hall–Kier alpha value is -1.68. The molecule has 19 heavy (non-hydrogen) atoms. The summed E-state index contributed by atoms with van der Waals surface area (Å²) in [5.41, 5.74) is 0.642. The molecule has 1 aromatic rings. The van der Waals surface area contributed by atoms with Crippen LogP contribution in [0.4, 0.5) is 0 Å². The zero-order chi connectivity index (χ0) is 14.1. The van der Waals surface area contributed by atoms with E-state index >= 15 is 0 Å². The molecular formula is C15H21NO3. The van der Waals surface area contributed by atoms with Gasteiger partial charge in [-0.15, -0.1) is 0 Å². The minimum absolute atomic E-state index is 0.0102. The molecule has 4 heteroatoms. The Bertz CT molecular complexity index is 403. The molecule has 0 saturated heterocycles. The van der Waals surface area contributed by atoms with E-state index in [9.17, 15) is 14.7 Å². The van der Waals surface area contributed by atoms with Crippen molar-refractivity contribution in [2.24, 2.45) is 0 Å². The molecule has 0 heterocycles. The molecule has 4 nitrogen and oxygen atoms in total. The maximum Gasteiger partial charge on any atom is 0.248 e. The van der Waals surface area contributed by atoms with E-state index in [1.165, 1.54) is 0 Å². The van der Waals surface area contributed by atoms with E-state index in [0.29, 0.717) is 12.0 Å². The molecule has 0 aliphatic rings. The number of ketones is 1. The second-order valence-corrected chi connectivity index (χ2v) is 4.49. The Morgan fingerprint density at radius 2 is 1.95 bits per heavy atom. The van der Waals surface area contributed by atoms with Gasteiger partial charge in [0, 0.05) is 18.5 Å². The molecule has 0 aromatic heterocycles. The van der Waals surface area contributed by atoms with Crippen molar-refractivity contribution in [1.82, 2.24) is 5.32 Å². The summed E-state index contributed by atoms with van der Waals surface area (Å²) >= 11 is 0.